The van der Waals surface area contributed by atoms with Crippen LogP contribution in [0.3, 0.4) is 0 Å². The van der Waals surface area contributed by atoms with Crippen molar-refractivity contribution in [3.05, 3.63) is 60.2 Å². The Hall–Kier alpha value is -4.04. The van der Waals surface area contributed by atoms with E-state index in [1.807, 2.05) is 12.2 Å². The summed E-state index contributed by atoms with van der Waals surface area (Å²) in [4.78, 5) is 50.3. The Morgan fingerprint density at radius 1 is 0.933 bits per heavy atom. The van der Waals surface area contributed by atoms with Gasteiger partial charge in [-0.25, -0.2) is 4.79 Å². The first kappa shape index (κ1) is 32.4. The van der Waals surface area contributed by atoms with Crippen molar-refractivity contribution in [1.29, 1.82) is 0 Å². The van der Waals surface area contributed by atoms with Crippen LogP contribution >= 0.6 is 0 Å². The molecule has 1 aromatic carbocycles. The van der Waals surface area contributed by atoms with E-state index in [1.54, 1.807) is 12.2 Å². The first-order chi connectivity index (χ1) is 21.6. The van der Waals surface area contributed by atoms with Gasteiger partial charge in [0.25, 0.3) is 0 Å². The van der Waals surface area contributed by atoms with Crippen LogP contribution in [0.5, 0.6) is 11.5 Å². The van der Waals surface area contributed by atoms with Crippen LogP contribution in [-0.2, 0) is 44.7 Å². The zero-order valence-corrected chi connectivity index (χ0v) is 24.4. The molecule has 45 heavy (non-hydrogen) atoms. The number of aliphatic hydroxyl groups is 3. The van der Waals surface area contributed by atoms with Crippen molar-refractivity contribution in [2.75, 3.05) is 6.61 Å². The summed E-state index contributed by atoms with van der Waals surface area (Å²) in [6, 6.07) is 3.77. The van der Waals surface area contributed by atoms with Crippen molar-refractivity contribution in [2.45, 2.75) is 81.4 Å². The molecule has 4 N–H and O–H groups in total. The maximum absolute atomic E-state index is 12.9. The molecule has 0 spiro atoms. The van der Waals surface area contributed by atoms with Gasteiger partial charge in [0.15, 0.2) is 11.9 Å². The fourth-order valence-corrected chi connectivity index (χ4v) is 5.52. The number of hydrogen-bond donors (Lipinski definition) is 4. The van der Waals surface area contributed by atoms with Crippen LogP contribution in [0.2, 0.25) is 0 Å². The quantitative estimate of drug-likeness (QED) is 0.125. The number of aliphatic hydroxyl groups excluding tert-OH is 2. The Morgan fingerprint density at radius 3 is 2.31 bits per heavy atom. The zero-order valence-electron chi connectivity index (χ0n) is 24.4. The van der Waals surface area contributed by atoms with Crippen molar-refractivity contribution in [1.82, 2.24) is 0 Å². The van der Waals surface area contributed by atoms with Gasteiger partial charge in [-0.15, -0.1) is 0 Å². The van der Waals surface area contributed by atoms with Crippen molar-refractivity contribution in [3.63, 3.8) is 0 Å². The molecule has 13 nitrogen and oxygen atoms in total. The predicted molar refractivity (Wildman–Crippen MR) is 152 cm³/mol. The lowest BCUT2D eigenvalue weighted by Gasteiger charge is -2.42. The van der Waals surface area contributed by atoms with Gasteiger partial charge in [-0.2, -0.15) is 0 Å². The number of allylic oxidation sites excluding steroid dienone is 3. The Labute approximate surface area is 258 Å². The van der Waals surface area contributed by atoms with Gasteiger partial charge in [0.2, 0.25) is 11.9 Å². The summed E-state index contributed by atoms with van der Waals surface area (Å²) in [6.07, 6.45) is 4.75. The van der Waals surface area contributed by atoms with Crippen LogP contribution in [-0.4, -0.2) is 87.0 Å². The number of Topliss-reactive ketones (excluding diaryl/α,β-unsaturated/α-hetero) is 1. The van der Waals surface area contributed by atoms with Crippen molar-refractivity contribution >= 4 is 23.7 Å². The predicted octanol–water partition coefficient (Wildman–Crippen LogP) is 1.30. The number of esters is 3. The minimum atomic E-state index is -2.45. The topological polar surface area (TPSA) is 195 Å². The number of phenolic OH excluding ortho intramolecular Hbond substituents is 1. The zero-order chi connectivity index (χ0) is 32.1. The summed E-state index contributed by atoms with van der Waals surface area (Å²) in [5, 5.41) is 42.6. The van der Waals surface area contributed by atoms with E-state index >= 15 is 0 Å². The van der Waals surface area contributed by atoms with Crippen LogP contribution in [0.25, 0.3) is 0 Å². The molecule has 13 heteroatoms. The Kier molecular flexibility index (Phi) is 10.0. The van der Waals surface area contributed by atoms with E-state index in [1.165, 1.54) is 24.3 Å². The first-order valence-electron chi connectivity index (χ1n) is 14.9. The lowest BCUT2D eigenvalue weighted by molar-refractivity contribution is -0.284. The third kappa shape index (κ3) is 7.28. The minimum Gasteiger partial charge on any atom is -0.508 e. The molecule has 0 amide bonds. The summed E-state index contributed by atoms with van der Waals surface area (Å²) in [5.74, 6) is -4.42. The van der Waals surface area contributed by atoms with Crippen LogP contribution in [0.15, 0.2) is 54.7 Å². The molecule has 242 valence electrons. The van der Waals surface area contributed by atoms with Gasteiger partial charge < -0.3 is 44.1 Å². The molecule has 8 atom stereocenters. The van der Waals surface area contributed by atoms with Crippen LogP contribution in [0, 0.1) is 11.8 Å². The van der Waals surface area contributed by atoms with Gasteiger partial charge >= 0.3 is 17.9 Å². The third-order valence-corrected chi connectivity index (χ3v) is 8.20. The molecule has 5 rings (SSSR count). The minimum absolute atomic E-state index is 0.0413. The van der Waals surface area contributed by atoms with E-state index in [9.17, 15) is 39.6 Å². The Balaban J connectivity index is 1.34. The molecule has 0 saturated carbocycles. The molecule has 0 radical (unpaired) electrons. The Bertz CT molecular complexity index is 1380. The van der Waals surface area contributed by atoms with E-state index in [-0.39, 0.29) is 23.5 Å². The van der Waals surface area contributed by atoms with E-state index in [0.29, 0.717) is 25.7 Å². The molecule has 4 aliphatic rings. The summed E-state index contributed by atoms with van der Waals surface area (Å²) in [6.45, 7) is -0.995. The number of ketones is 1. The van der Waals surface area contributed by atoms with E-state index in [0.717, 1.165) is 12.5 Å². The van der Waals surface area contributed by atoms with E-state index in [2.05, 4.69) is 0 Å². The second-order valence-electron chi connectivity index (χ2n) is 11.4. The smallest absolute Gasteiger partial charge is 0.350 e. The van der Waals surface area contributed by atoms with Crippen molar-refractivity contribution < 1.29 is 63.3 Å². The fourth-order valence-electron chi connectivity index (χ4n) is 5.52. The van der Waals surface area contributed by atoms with Crippen LogP contribution in [0.1, 0.15) is 44.1 Å². The molecule has 1 fully saturated rings. The second kappa shape index (κ2) is 13.9. The van der Waals surface area contributed by atoms with E-state index < -0.39 is 85.0 Å². The fraction of sp³-hybridized carbons (Fsp3) is 0.500. The molecule has 1 heterocycles. The van der Waals surface area contributed by atoms with Gasteiger partial charge in [0.05, 0.1) is 11.8 Å². The number of carbonyl (C=O) groups is 4. The average molecular weight is 629 g/mol. The lowest BCUT2D eigenvalue weighted by atomic mass is 9.90. The molecular weight excluding hydrogens is 592 g/mol. The highest BCUT2D eigenvalue weighted by atomic mass is 16.7. The SMILES string of the molecule is O=C(OC[C@@H]1O[C@H](Oc2ccc(O)cc2COC(=O)[C@@]2(O)C=CCCC2=O)[C@@H](OC(=O)[C@@H]2C=CCC2)[C@H](O)[C@H]1O)[C@@H]1C=CCC1. The summed E-state index contributed by atoms with van der Waals surface area (Å²) < 4.78 is 28.1. The average Bonchev–Trinajstić information content (AvgIpc) is 3.77. The van der Waals surface area contributed by atoms with Crippen molar-refractivity contribution in [2.24, 2.45) is 11.8 Å². The normalized spacial score (nSPS) is 32.3. The number of ether oxygens (including phenoxy) is 5. The maximum Gasteiger partial charge on any atom is 0.350 e. The highest BCUT2D eigenvalue weighted by molar-refractivity contribution is 6.09. The number of hydrogen-bond acceptors (Lipinski definition) is 13. The van der Waals surface area contributed by atoms with Gasteiger partial charge in [0, 0.05) is 12.0 Å². The summed E-state index contributed by atoms with van der Waals surface area (Å²) in [7, 11) is 0. The van der Waals surface area contributed by atoms with Gasteiger partial charge in [-0.05, 0) is 56.4 Å². The van der Waals surface area contributed by atoms with Gasteiger partial charge in [0.1, 0.15) is 43.0 Å². The number of carbonyl (C=O) groups excluding carboxylic acids is 4. The second-order valence-corrected chi connectivity index (χ2v) is 11.4. The standard InChI is InChI=1S/C32H36O13/c33-21-12-13-22(20(15-21)16-42-31(39)32(40)14-6-5-11-24(32)34)43-30-27(45-29(38)19-9-3-4-10-19)26(36)25(35)23(44-30)17-41-28(37)18-7-1-2-8-18/h1,3,6-7,9,12-15,18-19,23,25-27,30,33,35-36,40H,2,4-5,8,10-11,16-17H2/t18-,19-,23+,25+,26-,27+,30+,32-/m1/s1. The van der Waals surface area contributed by atoms with Crippen LogP contribution < -0.4 is 4.74 Å². The van der Waals surface area contributed by atoms with Crippen molar-refractivity contribution in [3.8, 4) is 11.5 Å². The van der Waals surface area contributed by atoms with Gasteiger partial charge in [-0.1, -0.05) is 30.4 Å². The Morgan fingerprint density at radius 2 is 1.64 bits per heavy atom. The molecule has 0 aromatic heterocycles. The number of benzene rings is 1. The number of aromatic hydroxyl groups is 1. The third-order valence-electron chi connectivity index (χ3n) is 8.20. The summed E-state index contributed by atoms with van der Waals surface area (Å²) in [5.41, 5.74) is -2.38. The molecule has 1 saturated heterocycles. The molecule has 0 unspecified atom stereocenters. The first-order valence-corrected chi connectivity index (χ1v) is 14.9. The van der Waals surface area contributed by atoms with E-state index in [4.69, 9.17) is 23.7 Å². The van der Waals surface area contributed by atoms with Crippen LogP contribution in [0.4, 0.5) is 0 Å². The molecular formula is C32H36O13. The molecule has 1 aliphatic heterocycles. The monoisotopic (exact) mass is 628 g/mol. The molecule has 3 aliphatic carbocycles. The largest absolute Gasteiger partial charge is 0.508 e. The summed E-state index contributed by atoms with van der Waals surface area (Å²) >= 11 is 0. The number of phenols is 1. The number of rotatable bonds is 10. The molecule has 0 bridgehead atoms. The van der Waals surface area contributed by atoms with Gasteiger partial charge in [-0.3, -0.25) is 14.4 Å². The molecule has 1 aromatic rings. The lowest BCUT2D eigenvalue weighted by Crippen LogP contribution is -2.61. The highest BCUT2D eigenvalue weighted by Crippen LogP contribution is 2.32. The highest BCUT2D eigenvalue weighted by Gasteiger charge is 2.49. The maximum atomic E-state index is 12.9.